The van der Waals surface area contributed by atoms with Crippen LogP contribution in [0.15, 0.2) is 18.3 Å². The maximum Gasteiger partial charge on any atom is 0.152 e. The molecule has 2 aromatic rings. The smallest absolute Gasteiger partial charge is 0.152 e. The highest BCUT2D eigenvalue weighted by Gasteiger charge is 2.05. The monoisotopic (exact) mass is 174 g/mol. The minimum atomic E-state index is 0.704. The van der Waals surface area contributed by atoms with Gasteiger partial charge in [0, 0.05) is 18.0 Å². The Labute approximate surface area is 76.0 Å². The quantitative estimate of drug-likeness (QED) is 0.617. The van der Waals surface area contributed by atoms with Crippen molar-refractivity contribution in [1.29, 1.82) is 0 Å². The molecule has 0 fully saturated rings. The number of carbonyl (C=O) groups is 1. The molecule has 0 saturated carbocycles. The van der Waals surface area contributed by atoms with E-state index in [1.807, 2.05) is 26.1 Å². The lowest BCUT2D eigenvalue weighted by atomic mass is 10.1. The third kappa shape index (κ3) is 1.13. The predicted octanol–water partition coefficient (Wildman–Crippen LogP) is 1.69. The summed E-state index contributed by atoms with van der Waals surface area (Å²) in [5.74, 6) is 0. The standard InChI is InChI=1S/C10H10N2O/c1-7-3-8-5-11-12(2)10(8)9(4-7)6-13/h3-6H,1-2H3. The normalized spacial score (nSPS) is 10.6. The maximum absolute atomic E-state index is 10.8. The van der Waals surface area contributed by atoms with Crippen molar-refractivity contribution in [1.82, 2.24) is 9.78 Å². The lowest BCUT2D eigenvalue weighted by Gasteiger charge is -1.99. The molecule has 0 N–H and O–H groups in total. The van der Waals surface area contributed by atoms with Crippen molar-refractivity contribution >= 4 is 17.2 Å². The molecule has 0 aliphatic rings. The van der Waals surface area contributed by atoms with Crippen molar-refractivity contribution in [2.75, 3.05) is 0 Å². The molecule has 0 amide bonds. The largest absolute Gasteiger partial charge is 0.298 e. The highest BCUT2D eigenvalue weighted by Crippen LogP contribution is 2.18. The molecular weight excluding hydrogens is 164 g/mol. The molecule has 0 saturated heterocycles. The molecule has 0 aliphatic heterocycles. The number of aldehydes is 1. The van der Waals surface area contributed by atoms with Crippen LogP contribution in [0, 0.1) is 6.92 Å². The number of hydrogen-bond acceptors (Lipinski definition) is 2. The van der Waals surface area contributed by atoms with Crippen LogP contribution in [0.2, 0.25) is 0 Å². The van der Waals surface area contributed by atoms with Gasteiger partial charge in [0.05, 0.1) is 11.7 Å². The summed E-state index contributed by atoms with van der Waals surface area (Å²) in [5, 5.41) is 5.12. The fraction of sp³-hybridized carbons (Fsp3) is 0.200. The average Bonchev–Trinajstić information content (AvgIpc) is 2.46. The maximum atomic E-state index is 10.8. The molecule has 0 bridgehead atoms. The first-order chi connectivity index (χ1) is 6.22. The molecule has 0 unspecified atom stereocenters. The number of aromatic nitrogens is 2. The van der Waals surface area contributed by atoms with Gasteiger partial charge in [-0.1, -0.05) is 0 Å². The van der Waals surface area contributed by atoms with Crippen molar-refractivity contribution in [3.05, 3.63) is 29.5 Å². The Morgan fingerprint density at radius 2 is 2.23 bits per heavy atom. The summed E-state index contributed by atoms with van der Waals surface area (Å²) >= 11 is 0. The van der Waals surface area contributed by atoms with Crippen molar-refractivity contribution in [3.63, 3.8) is 0 Å². The fourth-order valence-corrected chi connectivity index (χ4v) is 1.60. The number of hydrogen-bond donors (Lipinski definition) is 0. The van der Waals surface area contributed by atoms with Gasteiger partial charge in [-0.25, -0.2) is 0 Å². The van der Waals surface area contributed by atoms with Gasteiger partial charge in [-0.15, -0.1) is 0 Å². The predicted molar refractivity (Wildman–Crippen MR) is 50.8 cm³/mol. The summed E-state index contributed by atoms with van der Waals surface area (Å²) in [6.07, 6.45) is 2.65. The van der Waals surface area contributed by atoms with E-state index in [1.54, 1.807) is 10.9 Å². The molecule has 1 aromatic heterocycles. The third-order valence-electron chi connectivity index (χ3n) is 2.13. The van der Waals surface area contributed by atoms with Crippen LogP contribution in [-0.2, 0) is 7.05 Å². The van der Waals surface area contributed by atoms with E-state index in [0.717, 1.165) is 22.8 Å². The van der Waals surface area contributed by atoms with E-state index in [-0.39, 0.29) is 0 Å². The van der Waals surface area contributed by atoms with Gasteiger partial charge in [0.1, 0.15) is 0 Å². The molecular formula is C10H10N2O. The molecule has 0 radical (unpaired) electrons. The third-order valence-corrected chi connectivity index (χ3v) is 2.13. The molecule has 0 spiro atoms. The highest BCUT2D eigenvalue weighted by molar-refractivity contribution is 5.96. The molecule has 1 aromatic carbocycles. The van der Waals surface area contributed by atoms with Crippen LogP contribution in [0.25, 0.3) is 10.9 Å². The second-order valence-electron chi connectivity index (χ2n) is 3.18. The van der Waals surface area contributed by atoms with Crippen molar-refractivity contribution < 1.29 is 4.79 Å². The van der Waals surface area contributed by atoms with Crippen LogP contribution in [-0.4, -0.2) is 16.1 Å². The Kier molecular flexibility index (Phi) is 1.65. The average molecular weight is 174 g/mol. The topological polar surface area (TPSA) is 34.9 Å². The Morgan fingerprint density at radius 1 is 1.46 bits per heavy atom. The van der Waals surface area contributed by atoms with Gasteiger partial charge in [-0.3, -0.25) is 9.48 Å². The minimum absolute atomic E-state index is 0.704. The Balaban J connectivity index is 2.92. The number of nitrogens with zero attached hydrogens (tertiary/aromatic N) is 2. The first-order valence-corrected chi connectivity index (χ1v) is 4.10. The van der Waals surface area contributed by atoms with Crippen LogP contribution in [0.1, 0.15) is 15.9 Å². The van der Waals surface area contributed by atoms with Gasteiger partial charge in [-0.2, -0.15) is 5.10 Å². The molecule has 2 rings (SSSR count). The van der Waals surface area contributed by atoms with Crippen LogP contribution >= 0.6 is 0 Å². The highest BCUT2D eigenvalue weighted by atomic mass is 16.1. The van der Waals surface area contributed by atoms with Crippen molar-refractivity contribution in [2.45, 2.75) is 6.92 Å². The van der Waals surface area contributed by atoms with Gasteiger partial charge < -0.3 is 0 Å². The van der Waals surface area contributed by atoms with Crippen molar-refractivity contribution in [2.24, 2.45) is 7.05 Å². The van der Waals surface area contributed by atoms with E-state index in [2.05, 4.69) is 5.10 Å². The SMILES string of the molecule is Cc1cc(C=O)c2c(cnn2C)c1. The first kappa shape index (κ1) is 7.98. The first-order valence-electron chi connectivity index (χ1n) is 4.10. The van der Waals surface area contributed by atoms with E-state index in [9.17, 15) is 4.79 Å². The lowest BCUT2D eigenvalue weighted by Crippen LogP contribution is -1.93. The van der Waals surface area contributed by atoms with Gasteiger partial charge in [0.2, 0.25) is 0 Å². The zero-order valence-corrected chi connectivity index (χ0v) is 7.61. The molecule has 0 aliphatic carbocycles. The van der Waals surface area contributed by atoms with E-state index < -0.39 is 0 Å². The second kappa shape index (κ2) is 2.69. The zero-order chi connectivity index (χ0) is 9.42. The van der Waals surface area contributed by atoms with Crippen LogP contribution in [0.5, 0.6) is 0 Å². The lowest BCUT2D eigenvalue weighted by molar-refractivity contribution is 0.112. The fourth-order valence-electron chi connectivity index (χ4n) is 1.60. The molecule has 13 heavy (non-hydrogen) atoms. The van der Waals surface area contributed by atoms with E-state index in [0.29, 0.717) is 5.56 Å². The summed E-state index contributed by atoms with van der Waals surface area (Å²) in [5.41, 5.74) is 2.69. The van der Waals surface area contributed by atoms with E-state index in [1.165, 1.54) is 0 Å². The molecule has 0 atom stereocenters. The molecule has 3 nitrogen and oxygen atoms in total. The number of fused-ring (bicyclic) bond motifs is 1. The van der Waals surface area contributed by atoms with Gasteiger partial charge in [0.25, 0.3) is 0 Å². The Bertz CT molecular complexity index is 471. The number of aryl methyl sites for hydroxylation is 2. The molecule has 1 heterocycles. The number of benzene rings is 1. The van der Waals surface area contributed by atoms with Gasteiger partial charge in [-0.05, 0) is 24.6 Å². The summed E-state index contributed by atoms with van der Waals surface area (Å²) < 4.78 is 1.72. The summed E-state index contributed by atoms with van der Waals surface area (Å²) in [7, 11) is 1.84. The van der Waals surface area contributed by atoms with Crippen LogP contribution < -0.4 is 0 Å². The van der Waals surface area contributed by atoms with Gasteiger partial charge in [0.15, 0.2) is 6.29 Å². The molecule has 66 valence electrons. The van der Waals surface area contributed by atoms with E-state index in [4.69, 9.17) is 0 Å². The number of carbonyl (C=O) groups excluding carboxylic acids is 1. The zero-order valence-electron chi connectivity index (χ0n) is 7.61. The summed E-state index contributed by atoms with van der Waals surface area (Å²) in [6, 6.07) is 3.90. The Morgan fingerprint density at radius 3 is 2.92 bits per heavy atom. The number of rotatable bonds is 1. The second-order valence-corrected chi connectivity index (χ2v) is 3.18. The summed E-state index contributed by atoms with van der Waals surface area (Å²) in [6.45, 7) is 1.97. The van der Waals surface area contributed by atoms with E-state index >= 15 is 0 Å². The minimum Gasteiger partial charge on any atom is -0.298 e. The Hall–Kier alpha value is -1.64. The van der Waals surface area contributed by atoms with Crippen molar-refractivity contribution in [3.8, 4) is 0 Å². The van der Waals surface area contributed by atoms with Crippen LogP contribution in [0.3, 0.4) is 0 Å². The summed E-state index contributed by atoms with van der Waals surface area (Å²) in [4.78, 5) is 10.8. The molecule has 3 heteroatoms. The van der Waals surface area contributed by atoms with Gasteiger partial charge >= 0.3 is 0 Å². The van der Waals surface area contributed by atoms with Crippen LogP contribution in [0.4, 0.5) is 0 Å².